The lowest BCUT2D eigenvalue weighted by Crippen LogP contribution is -2.35. The number of ether oxygens (including phenoxy) is 1. The molecule has 0 heterocycles. The van der Waals surface area contributed by atoms with Crippen molar-refractivity contribution in [3.63, 3.8) is 0 Å². The van der Waals surface area contributed by atoms with Crippen LogP contribution in [0.1, 0.15) is 27.2 Å². The van der Waals surface area contributed by atoms with Crippen molar-refractivity contribution in [2.45, 2.75) is 39.5 Å². The van der Waals surface area contributed by atoms with Crippen molar-refractivity contribution in [2.75, 3.05) is 6.61 Å². The molecule has 0 aromatic rings. The van der Waals surface area contributed by atoms with Crippen molar-refractivity contribution in [2.24, 2.45) is 0 Å². The summed E-state index contributed by atoms with van der Waals surface area (Å²) in [5, 5.41) is 0. The van der Waals surface area contributed by atoms with Gasteiger partial charge in [-0.2, -0.15) is 0 Å². The van der Waals surface area contributed by atoms with E-state index in [0.717, 1.165) is 6.42 Å². The van der Waals surface area contributed by atoms with E-state index in [4.69, 9.17) is 9.16 Å². The van der Waals surface area contributed by atoms with Crippen LogP contribution < -0.4 is 0 Å². The summed E-state index contributed by atoms with van der Waals surface area (Å²) in [5.74, 6) is -0.309. The van der Waals surface area contributed by atoms with Crippen molar-refractivity contribution in [3.05, 3.63) is 12.2 Å². The summed E-state index contributed by atoms with van der Waals surface area (Å²) in [6, 6.07) is 0. The first kappa shape index (κ1) is 13.4. The van der Waals surface area contributed by atoms with Crippen LogP contribution in [0.5, 0.6) is 0 Å². The van der Waals surface area contributed by atoms with Gasteiger partial charge in [0.05, 0.1) is 0 Å². The van der Waals surface area contributed by atoms with Gasteiger partial charge in [0.2, 0.25) is 9.04 Å². The fourth-order valence-corrected chi connectivity index (χ4v) is 2.84. The molecule has 0 aromatic carbocycles. The molecule has 0 saturated heterocycles. The van der Waals surface area contributed by atoms with Gasteiger partial charge in [-0.15, -0.1) is 0 Å². The van der Waals surface area contributed by atoms with Crippen LogP contribution in [-0.2, 0) is 14.0 Å². The molecular formula is C10H20O3Si. The minimum absolute atomic E-state index is 0.0425. The Hall–Kier alpha value is -0.613. The molecule has 0 N–H and O–H groups in total. The summed E-state index contributed by atoms with van der Waals surface area (Å²) in [4.78, 5) is 11.3. The average Bonchev–Trinajstić information content (AvgIpc) is 2.13. The summed E-state index contributed by atoms with van der Waals surface area (Å²) in [5.41, 5.74) is 0.403. The van der Waals surface area contributed by atoms with E-state index in [2.05, 4.69) is 6.58 Å². The Labute approximate surface area is 87.8 Å². The molecule has 3 nitrogen and oxygen atoms in total. The lowest BCUT2D eigenvalue weighted by molar-refractivity contribution is -0.141. The second kappa shape index (κ2) is 6.78. The smallest absolute Gasteiger partial charge is 0.333 e. The lowest BCUT2D eigenvalue weighted by Gasteiger charge is -2.21. The lowest BCUT2D eigenvalue weighted by atomic mass is 10.4. The molecule has 0 aliphatic rings. The molecule has 0 saturated carbocycles. The SMILES string of the molecule is C=C(C)C(=O)OC(CC)[SiH](C)OCC. The van der Waals surface area contributed by atoms with Crippen molar-refractivity contribution in [1.82, 2.24) is 0 Å². The number of carbonyl (C=O) groups excluding carboxylic acids is 1. The average molecular weight is 216 g/mol. The Morgan fingerprint density at radius 3 is 2.43 bits per heavy atom. The molecule has 0 aliphatic heterocycles. The van der Waals surface area contributed by atoms with Crippen LogP contribution in [-0.4, -0.2) is 27.3 Å². The molecular weight excluding hydrogens is 196 g/mol. The molecule has 82 valence electrons. The first-order valence-corrected chi connectivity index (χ1v) is 7.30. The van der Waals surface area contributed by atoms with Crippen molar-refractivity contribution < 1.29 is 14.0 Å². The van der Waals surface area contributed by atoms with Crippen molar-refractivity contribution in [1.29, 1.82) is 0 Å². The summed E-state index contributed by atoms with van der Waals surface area (Å²) >= 11 is 0. The maximum atomic E-state index is 11.3. The van der Waals surface area contributed by atoms with Gasteiger partial charge in [-0.1, -0.05) is 13.5 Å². The maximum absolute atomic E-state index is 11.3. The minimum atomic E-state index is -1.40. The number of carbonyl (C=O) groups is 1. The highest BCUT2D eigenvalue weighted by Gasteiger charge is 2.22. The maximum Gasteiger partial charge on any atom is 0.333 e. The quantitative estimate of drug-likeness (QED) is 0.386. The van der Waals surface area contributed by atoms with Crippen molar-refractivity contribution >= 4 is 15.0 Å². The summed E-state index contributed by atoms with van der Waals surface area (Å²) < 4.78 is 10.8. The molecule has 0 fully saturated rings. The fourth-order valence-electron chi connectivity index (χ4n) is 1.12. The van der Waals surface area contributed by atoms with Gasteiger partial charge in [0, 0.05) is 12.2 Å². The minimum Gasteiger partial charge on any atom is -0.460 e. The number of hydrogen-bond acceptors (Lipinski definition) is 3. The van der Waals surface area contributed by atoms with Gasteiger partial charge in [0.1, 0.15) is 5.73 Å². The second-order valence-electron chi connectivity index (χ2n) is 3.29. The van der Waals surface area contributed by atoms with E-state index in [0.29, 0.717) is 12.2 Å². The molecule has 0 radical (unpaired) electrons. The predicted molar refractivity (Wildman–Crippen MR) is 59.6 cm³/mol. The monoisotopic (exact) mass is 216 g/mol. The molecule has 2 unspecified atom stereocenters. The van der Waals surface area contributed by atoms with Crippen LogP contribution >= 0.6 is 0 Å². The third-order valence-electron chi connectivity index (χ3n) is 1.96. The van der Waals surface area contributed by atoms with Gasteiger partial charge in [-0.3, -0.25) is 0 Å². The molecule has 2 atom stereocenters. The van der Waals surface area contributed by atoms with Crippen LogP contribution in [0.3, 0.4) is 0 Å². The Morgan fingerprint density at radius 2 is 2.07 bits per heavy atom. The molecule has 0 spiro atoms. The zero-order chi connectivity index (χ0) is 11.1. The first-order valence-electron chi connectivity index (χ1n) is 5.01. The third-order valence-corrected chi connectivity index (χ3v) is 4.48. The summed E-state index contributed by atoms with van der Waals surface area (Å²) in [7, 11) is -1.40. The molecule has 0 bridgehead atoms. The summed E-state index contributed by atoms with van der Waals surface area (Å²) in [6.07, 6.45) is 0.812. The largest absolute Gasteiger partial charge is 0.460 e. The van der Waals surface area contributed by atoms with E-state index in [-0.39, 0.29) is 11.7 Å². The topological polar surface area (TPSA) is 35.5 Å². The van der Waals surface area contributed by atoms with Gasteiger partial charge in [0.15, 0.2) is 0 Å². The van der Waals surface area contributed by atoms with E-state index in [9.17, 15) is 4.79 Å². The number of hydrogen-bond donors (Lipinski definition) is 0. The Bertz CT molecular complexity index is 204. The highest BCUT2D eigenvalue weighted by atomic mass is 28.3. The van der Waals surface area contributed by atoms with E-state index in [1.54, 1.807) is 6.92 Å². The highest BCUT2D eigenvalue weighted by molar-refractivity contribution is 6.52. The molecule has 0 rings (SSSR count). The molecule has 0 aromatic heterocycles. The summed E-state index contributed by atoms with van der Waals surface area (Å²) in [6.45, 7) is 11.9. The van der Waals surface area contributed by atoms with E-state index in [1.165, 1.54) is 0 Å². The molecule has 0 amide bonds. The predicted octanol–water partition coefficient (Wildman–Crippen LogP) is 1.81. The van der Waals surface area contributed by atoms with Crippen molar-refractivity contribution in [3.8, 4) is 0 Å². The highest BCUT2D eigenvalue weighted by Crippen LogP contribution is 2.07. The van der Waals surface area contributed by atoms with Crippen LogP contribution in [0.25, 0.3) is 0 Å². The van der Waals surface area contributed by atoms with E-state index >= 15 is 0 Å². The normalized spacial score (nSPS) is 14.6. The van der Waals surface area contributed by atoms with Gasteiger partial charge >= 0.3 is 5.97 Å². The van der Waals surface area contributed by atoms with Crippen LogP contribution in [0.15, 0.2) is 12.2 Å². The first-order chi connectivity index (χ1) is 6.52. The van der Waals surface area contributed by atoms with Gasteiger partial charge in [-0.05, 0) is 26.8 Å². The van der Waals surface area contributed by atoms with Gasteiger partial charge in [-0.25, -0.2) is 4.79 Å². The van der Waals surface area contributed by atoms with Gasteiger partial charge < -0.3 is 9.16 Å². The standard InChI is InChI=1S/C10H20O3Si/c1-6-9(14(5)12-7-2)13-10(11)8(3)4/h9,14H,3,6-7H2,1-2,4-5H3. The number of esters is 1. The molecule has 0 aliphatic carbocycles. The van der Waals surface area contributed by atoms with Gasteiger partial charge in [0.25, 0.3) is 0 Å². The Morgan fingerprint density at radius 1 is 1.50 bits per heavy atom. The molecule has 4 heteroatoms. The second-order valence-corrected chi connectivity index (χ2v) is 5.78. The zero-order valence-corrected chi connectivity index (χ0v) is 10.7. The van der Waals surface area contributed by atoms with Crippen LogP contribution in [0.4, 0.5) is 0 Å². The third kappa shape index (κ3) is 4.57. The Kier molecular flexibility index (Phi) is 6.49. The Balaban J connectivity index is 4.14. The van der Waals surface area contributed by atoms with Crippen LogP contribution in [0.2, 0.25) is 6.55 Å². The van der Waals surface area contributed by atoms with E-state index < -0.39 is 9.04 Å². The number of rotatable bonds is 6. The van der Waals surface area contributed by atoms with E-state index in [1.807, 2.05) is 20.4 Å². The molecule has 14 heavy (non-hydrogen) atoms. The zero-order valence-electron chi connectivity index (χ0n) is 9.50. The fraction of sp³-hybridized carbons (Fsp3) is 0.700. The van der Waals surface area contributed by atoms with Crippen LogP contribution in [0, 0.1) is 0 Å².